The van der Waals surface area contributed by atoms with Gasteiger partial charge < -0.3 is 9.47 Å². The number of hydrogen-bond donors (Lipinski definition) is 0. The van der Waals surface area contributed by atoms with Crippen LogP contribution in [0, 0.1) is 0 Å². The van der Waals surface area contributed by atoms with Gasteiger partial charge in [-0.25, -0.2) is 0 Å². The van der Waals surface area contributed by atoms with E-state index in [0.717, 1.165) is 7.11 Å². The van der Waals surface area contributed by atoms with E-state index < -0.39 is 24.3 Å². The van der Waals surface area contributed by atoms with Gasteiger partial charge in [-0.05, 0) is 0 Å². The molecule has 0 aromatic rings. The Kier molecular flexibility index (Phi) is 5.19. The van der Waals surface area contributed by atoms with Gasteiger partial charge in [-0.15, -0.1) is 4.48 Å². The second-order valence-electron chi connectivity index (χ2n) is 2.18. The van der Waals surface area contributed by atoms with Crippen LogP contribution < -0.4 is 0 Å². The maximum Gasteiger partial charge on any atom is 0.352 e. The van der Waals surface area contributed by atoms with Crippen LogP contribution in [0.15, 0.2) is 0 Å². The molecular formula is C6H12F3NO2. The minimum Gasteiger partial charge on any atom is -0.383 e. The number of hydrogen-bond acceptors (Lipinski definition) is 3. The Hall–Kier alpha value is -0.330. The summed E-state index contributed by atoms with van der Waals surface area (Å²) in [6, 6.07) is -3.58. The number of ether oxygens (including phenoxy) is 2. The molecule has 0 aliphatic carbocycles. The van der Waals surface area contributed by atoms with Crippen LogP contribution in [-0.2, 0) is 9.47 Å². The molecule has 0 N–H and O–H groups in total. The van der Waals surface area contributed by atoms with Gasteiger partial charge in [0.15, 0.2) is 0 Å². The number of methoxy groups -OCH3 is 2. The van der Waals surface area contributed by atoms with E-state index in [4.69, 9.17) is 0 Å². The number of nitrogens with zero attached hydrogens (tertiary/aromatic N) is 1. The number of alkyl halides is 2. The van der Waals surface area contributed by atoms with Crippen molar-refractivity contribution in [1.29, 1.82) is 0 Å². The molecule has 12 heavy (non-hydrogen) atoms. The Labute approximate surface area is 69.0 Å². The van der Waals surface area contributed by atoms with Gasteiger partial charge in [0, 0.05) is 14.2 Å². The SMILES string of the molecule is COCCN(F)C(F)(F)COC. The van der Waals surface area contributed by atoms with Crippen LogP contribution in [0.4, 0.5) is 13.3 Å². The van der Waals surface area contributed by atoms with E-state index in [9.17, 15) is 13.3 Å². The lowest BCUT2D eigenvalue weighted by atomic mass is 10.5. The Morgan fingerprint density at radius 2 is 1.83 bits per heavy atom. The zero-order valence-electron chi connectivity index (χ0n) is 7.02. The van der Waals surface area contributed by atoms with Crippen molar-refractivity contribution < 1.29 is 22.7 Å². The third-order valence-corrected chi connectivity index (χ3v) is 1.16. The van der Waals surface area contributed by atoms with Crippen molar-refractivity contribution in [2.24, 2.45) is 0 Å². The summed E-state index contributed by atoms with van der Waals surface area (Å²) < 4.78 is 46.1. The molecule has 0 aliphatic rings. The number of halogens is 3. The van der Waals surface area contributed by atoms with Crippen molar-refractivity contribution in [2.75, 3.05) is 34.0 Å². The zero-order valence-corrected chi connectivity index (χ0v) is 7.02. The summed E-state index contributed by atoms with van der Waals surface area (Å²) in [6.07, 6.45) is 0. The lowest BCUT2D eigenvalue weighted by molar-refractivity contribution is -0.258. The van der Waals surface area contributed by atoms with Crippen LogP contribution >= 0.6 is 0 Å². The third-order valence-electron chi connectivity index (χ3n) is 1.16. The van der Waals surface area contributed by atoms with E-state index in [-0.39, 0.29) is 6.61 Å². The minimum absolute atomic E-state index is 0.0875. The van der Waals surface area contributed by atoms with Crippen molar-refractivity contribution in [3.05, 3.63) is 0 Å². The van der Waals surface area contributed by atoms with Crippen LogP contribution in [0.25, 0.3) is 0 Å². The average Bonchev–Trinajstić information content (AvgIpc) is 2.00. The molecule has 0 unspecified atom stereocenters. The largest absolute Gasteiger partial charge is 0.383 e. The Morgan fingerprint density at radius 3 is 2.25 bits per heavy atom. The normalized spacial score (nSPS) is 12.5. The topological polar surface area (TPSA) is 21.7 Å². The highest BCUT2D eigenvalue weighted by atomic mass is 19.3. The smallest absolute Gasteiger partial charge is 0.352 e. The predicted octanol–water partition coefficient (Wildman–Crippen LogP) is 1.06. The molecule has 0 rings (SSSR count). The fraction of sp³-hybridized carbons (Fsp3) is 1.00. The van der Waals surface area contributed by atoms with Crippen molar-refractivity contribution in [1.82, 2.24) is 5.12 Å². The van der Waals surface area contributed by atoms with Crippen LogP contribution in [0.2, 0.25) is 0 Å². The van der Waals surface area contributed by atoms with E-state index in [1.807, 2.05) is 0 Å². The van der Waals surface area contributed by atoms with Crippen molar-refractivity contribution in [2.45, 2.75) is 6.05 Å². The first-order valence-corrected chi connectivity index (χ1v) is 3.33. The molecule has 0 bridgehead atoms. The summed E-state index contributed by atoms with van der Waals surface area (Å²) in [5.74, 6) is 0. The molecule has 6 heteroatoms. The molecule has 74 valence electrons. The third kappa shape index (κ3) is 3.89. The monoisotopic (exact) mass is 187 g/mol. The van der Waals surface area contributed by atoms with E-state index in [1.165, 1.54) is 7.11 Å². The second kappa shape index (κ2) is 5.34. The molecule has 0 atom stereocenters. The molecule has 3 nitrogen and oxygen atoms in total. The average molecular weight is 187 g/mol. The molecule has 0 saturated heterocycles. The molecule has 0 spiro atoms. The van der Waals surface area contributed by atoms with Crippen LogP contribution in [0.1, 0.15) is 0 Å². The predicted molar refractivity (Wildman–Crippen MR) is 36.5 cm³/mol. The molecule has 0 amide bonds. The highest BCUT2D eigenvalue weighted by Crippen LogP contribution is 2.19. The summed E-state index contributed by atoms with van der Waals surface area (Å²) in [5, 5.41) is -0.597. The molecule has 0 aliphatic heterocycles. The highest BCUT2D eigenvalue weighted by Gasteiger charge is 2.37. The van der Waals surface area contributed by atoms with Crippen LogP contribution in [0.5, 0.6) is 0 Å². The Bertz CT molecular complexity index is 123. The van der Waals surface area contributed by atoms with Crippen molar-refractivity contribution in [3.63, 3.8) is 0 Å². The van der Waals surface area contributed by atoms with Gasteiger partial charge in [-0.3, -0.25) is 0 Å². The Balaban J connectivity index is 3.79. The van der Waals surface area contributed by atoms with Crippen LogP contribution in [0.3, 0.4) is 0 Å². The lowest BCUT2D eigenvalue weighted by Gasteiger charge is -2.21. The maximum atomic E-state index is 12.5. The minimum atomic E-state index is -3.58. The summed E-state index contributed by atoms with van der Waals surface area (Å²) in [6.45, 7) is -1.53. The second-order valence-corrected chi connectivity index (χ2v) is 2.18. The first-order chi connectivity index (χ1) is 5.54. The quantitative estimate of drug-likeness (QED) is 0.458. The fourth-order valence-electron chi connectivity index (χ4n) is 0.579. The zero-order chi connectivity index (χ0) is 9.61. The molecule has 0 aromatic heterocycles. The van der Waals surface area contributed by atoms with Gasteiger partial charge in [-0.1, -0.05) is 5.12 Å². The standard InChI is InChI=1S/C6H12F3NO2/c1-11-4-3-10(9)6(7,8)5-12-2/h3-5H2,1-2H3. The Morgan fingerprint density at radius 1 is 1.25 bits per heavy atom. The van der Waals surface area contributed by atoms with E-state index in [1.54, 1.807) is 0 Å². The first-order valence-electron chi connectivity index (χ1n) is 3.33. The maximum absolute atomic E-state index is 12.5. The molecule has 0 radical (unpaired) electrons. The molecule has 0 aromatic carbocycles. The van der Waals surface area contributed by atoms with E-state index in [0.29, 0.717) is 0 Å². The summed E-state index contributed by atoms with van der Waals surface area (Å²) in [4.78, 5) is 0. The van der Waals surface area contributed by atoms with Crippen LogP contribution in [-0.4, -0.2) is 45.1 Å². The summed E-state index contributed by atoms with van der Waals surface area (Å²) in [7, 11) is 2.39. The van der Waals surface area contributed by atoms with E-state index >= 15 is 0 Å². The number of rotatable bonds is 6. The van der Waals surface area contributed by atoms with Gasteiger partial charge in [0.25, 0.3) is 0 Å². The first kappa shape index (κ1) is 11.7. The molecule has 0 heterocycles. The fourth-order valence-corrected chi connectivity index (χ4v) is 0.579. The molecule has 0 fully saturated rings. The highest BCUT2D eigenvalue weighted by molar-refractivity contribution is 4.60. The van der Waals surface area contributed by atoms with Gasteiger partial charge in [0.05, 0.1) is 13.2 Å². The molecule has 0 saturated carbocycles. The van der Waals surface area contributed by atoms with Gasteiger partial charge >= 0.3 is 6.05 Å². The van der Waals surface area contributed by atoms with Gasteiger partial charge in [0.2, 0.25) is 0 Å². The van der Waals surface area contributed by atoms with Gasteiger partial charge in [0.1, 0.15) is 6.61 Å². The van der Waals surface area contributed by atoms with Gasteiger partial charge in [-0.2, -0.15) is 8.78 Å². The molecular weight excluding hydrogens is 175 g/mol. The summed E-state index contributed by atoms with van der Waals surface area (Å²) >= 11 is 0. The van der Waals surface area contributed by atoms with E-state index in [2.05, 4.69) is 9.47 Å². The van der Waals surface area contributed by atoms with Crippen molar-refractivity contribution in [3.8, 4) is 0 Å². The summed E-state index contributed by atoms with van der Waals surface area (Å²) in [5.41, 5.74) is 0. The van der Waals surface area contributed by atoms with Crippen molar-refractivity contribution >= 4 is 0 Å². The lowest BCUT2D eigenvalue weighted by Crippen LogP contribution is -2.41.